The van der Waals surface area contributed by atoms with E-state index in [0.29, 0.717) is 30.3 Å². The summed E-state index contributed by atoms with van der Waals surface area (Å²) < 4.78 is 27.7. The quantitative estimate of drug-likeness (QED) is 0.627. The maximum absolute atomic E-state index is 13.8. The van der Waals surface area contributed by atoms with Crippen LogP contribution >= 0.6 is 0 Å². The zero-order valence-corrected chi connectivity index (χ0v) is 16.8. The molecule has 0 radical (unpaired) electrons. The number of Topliss-reactive ketones (excluding diaryl/α,β-unsaturated/α-hetero) is 1. The van der Waals surface area contributed by atoms with Crippen LogP contribution in [0, 0.1) is 11.6 Å². The number of benzene rings is 1. The molecule has 1 aliphatic heterocycles. The van der Waals surface area contributed by atoms with E-state index in [-0.39, 0.29) is 12.2 Å². The van der Waals surface area contributed by atoms with E-state index in [1.165, 1.54) is 12.3 Å². The third-order valence-corrected chi connectivity index (χ3v) is 5.28. The summed E-state index contributed by atoms with van der Waals surface area (Å²) in [5.41, 5.74) is 2.51. The zero-order valence-electron chi connectivity index (χ0n) is 16.8. The standard InChI is InChI=1S/C23H20F2N4O2/c1-14-7-9-29(23-20(30)6-3-8-26-23)13-16(14)19-12-27-15(11-28-19)10-21(31)22-17(24)4-2-5-18(22)25/h2-6,8,11-12,30H,7,9-10,13H2,1H3. The van der Waals surface area contributed by atoms with Crippen LogP contribution in [0.25, 0.3) is 5.57 Å². The van der Waals surface area contributed by atoms with Gasteiger partial charge in [0, 0.05) is 25.5 Å². The molecular weight excluding hydrogens is 402 g/mol. The smallest absolute Gasteiger partial charge is 0.174 e. The SMILES string of the molecule is CC1=C(c2cnc(CC(=O)c3c(F)cccc3F)cn2)CN(c2ncccc2O)CC1. The van der Waals surface area contributed by atoms with Crippen LogP contribution < -0.4 is 4.90 Å². The molecule has 1 N–H and O–H groups in total. The van der Waals surface area contributed by atoms with Crippen molar-refractivity contribution < 1.29 is 18.7 Å². The molecule has 3 heterocycles. The number of rotatable bonds is 5. The van der Waals surface area contributed by atoms with Gasteiger partial charge in [-0.3, -0.25) is 14.8 Å². The maximum atomic E-state index is 13.8. The first-order valence-electron chi connectivity index (χ1n) is 9.80. The molecule has 0 fully saturated rings. The summed E-state index contributed by atoms with van der Waals surface area (Å²) >= 11 is 0. The first kappa shape index (κ1) is 20.6. The summed E-state index contributed by atoms with van der Waals surface area (Å²) in [6.45, 7) is 3.24. The molecule has 0 amide bonds. The predicted octanol–water partition coefficient (Wildman–Crippen LogP) is 3.96. The molecule has 8 heteroatoms. The van der Waals surface area contributed by atoms with Crippen LogP contribution in [-0.4, -0.2) is 38.9 Å². The summed E-state index contributed by atoms with van der Waals surface area (Å²) in [5.74, 6) is -1.86. The van der Waals surface area contributed by atoms with Crippen LogP contribution in [0.1, 0.15) is 35.1 Å². The monoisotopic (exact) mass is 422 g/mol. The van der Waals surface area contributed by atoms with Crippen LogP contribution in [0.15, 0.2) is 54.5 Å². The molecule has 3 aromatic rings. The van der Waals surface area contributed by atoms with E-state index in [9.17, 15) is 18.7 Å². The van der Waals surface area contributed by atoms with Gasteiger partial charge in [0.25, 0.3) is 0 Å². The molecule has 0 aliphatic carbocycles. The van der Waals surface area contributed by atoms with Gasteiger partial charge in [0.1, 0.15) is 11.6 Å². The number of halogens is 2. The summed E-state index contributed by atoms with van der Waals surface area (Å²) in [6, 6.07) is 6.58. The Kier molecular flexibility index (Phi) is 5.70. The van der Waals surface area contributed by atoms with Gasteiger partial charge in [-0.2, -0.15) is 0 Å². The van der Waals surface area contributed by atoms with Crippen LogP contribution in [0.3, 0.4) is 0 Å². The third-order valence-electron chi connectivity index (χ3n) is 5.28. The molecule has 2 aromatic heterocycles. The molecule has 0 spiro atoms. The average molecular weight is 422 g/mol. The lowest BCUT2D eigenvalue weighted by Gasteiger charge is -2.30. The van der Waals surface area contributed by atoms with Crippen molar-refractivity contribution in [2.75, 3.05) is 18.0 Å². The van der Waals surface area contributed by atoms with Gasteiger partial charge in [0.2, 0.25) is 0 Å². The second kappa shape index (κ2) is 8.59. The lowest BCUT2D eigenvalue weighted by Crippen LogP contribution is -2.31. The molecular formula is C23H20F2N4O2. The average Bonchev–Trinajstić information content (AvgIpc) is 2.75. The van der Waals surface area contributed by atoms with E-state index < -0.39 is 23.0 Å². The highest BCUT2D eigenvalue weighted by Gasteiger charge is 2.22. The number of aromatic nitrogens is 3. The minimum absolute atomic E-state index is 0.113. The van der Waals surface area contributed by atoms with Crippen LogP contribution in [0.2, 0.25) is 0 Å². The first-order chi connectivity index (χ1) is 14.9. The lowest BCUT2D eigenvalue weighted by molar-refractivity contribution is 0.0983. The highest BCUT2D eigenvalue weighted by Crippen LogP contribution is 2.31. The van der Waals surface area contributed by atoms with Crippen LogP contribution in [-0.2, 0) is 6.42 Å². The van der Waals surface area contributed by atoms with Crippen molar-refractivity contribution in [2.45, 2.75) is 19.8 Å². The van der Waals surface area contributed by atoms with Crippen molar-refractivity contribution in [1.82, 2.24) is 15.0 Å². The van der Waals surface area contributed by atoms with Crippen molar-refractivity contribution in [3.8, 4) is 5.75 Å². The number of hydrogen-bond donors (Lipinski definition) is 1. The number of ketones is 1. The Morgan fingerprint density at radius 2 is 1.87 bits per heavy atom. The molecule has 6 nitrogen and oxygen atoms in total. The number of anilines is 1. The van der Waals surface area contributed by atoms with Gasteiger partial charge in [-0.25, -0.2) is 13.8 Å². The fourth-order valence-corrected chi connectivity index (χ4v) is 3.59. The van der Waals surface area contributed by atoms with Gasteiger partial charge >= 0.3 is 0 Å². The predicted molar refractivity (Wildman–Crippen MR) is 112 cm³/mol. The van der Waals surface area contributed by atoms with Crippen molar-refractivity contribution in [3.63, 3.8) is 0 Å². The summed E-state index contributed by atoms with van der Waals surface area (Å²) in [4.78, 5) is 27.3. The number of aromatic hydroxyl groups is 1. The highest BCUT2D eigenvalue weighted by molar-refractivity contribution is 5.97. The number of nitrogens with zero attached hydrogens (tertiary/aromatic N) is 4. The Morgan fingerprint density at radius 1 is 1.10 bits per heavy atom. The van der Waals surface area contributed by atoms with Gasteiger partial charge < -0.3 is 10.0 Å². The van der Waals surface area contributed by atoms with E-state index in [1.54, 1.807) is 24.5 Å². The summed E-state index contributed by atoms with van der Waals surface area (Å²) in [7, 11) is 0. The van der Waals surface area contributed by atoms with Crippen molar-refractivity contribution >= 4 is 17.2 Å². The number of pyridine rings is 1. The van der Waals surface area contributed by atoms with E-state index in [0.717, 1.165) is 29.7 Å². The van der Waals surface area contributed by atoms with Crippen molar-refractivity contribution in [1.29, 1.82) is 0 Å². The number of carbonyl (C=O) groups excluding carboxylic acids is 1. The molecule has 158 valence electrons. The fourth-order valence-electron chi connectivity index (χ4n) is 3.59. The molecule has 4 rings (SSSR count). The third kappa shape index (κ3) is 4.28. The maximum Gasteiger partial charge on any atom is 0.174 e. The Labute approximate surface area is 177 Å². The highest BCUT2D eigenvalue weighted by atomic mass is 19.1. The van der Waals surface area contributed by atoms with Gasteiger partial charge in [-0.15, -0.1) is 0 Å². The van der Waals surface area contributed by atoms with Crippen molar-refractivity contribution in [2.24, 2.45) is 0 Å². The molecule has 0 saturated carbocycles. The zero-order chi connectivity index (χ0) is 22.0. The molecule has 1 aromatic carbocycles. The Hall–Kier alpha value is -3.68. The fraction of sp³-hybridized carbons (Fsp3) is 0.217. The minimum Gasteiger partial charge on any atom is -0.504 e. The van der Waals surface area contributed by atoms with E-state index >= 15 is 0 Å². The molecule has 0 bridgehead atoms. The second-order valence-electron chi connectivity index (χ2n) is 7.37. The second-order valence-corrected chi connectivity index (χ2v) is 7.37. The lowest BCUT2D eigenvalue weighted by atomic mass is 9.98. The molecule has 0 unspecified atom stereocenters. The van der Waals surface area contributed by atoms with Gasteiger partial charge in [0.15, 0.2) is 17.4 Å². The van der Waals surface area contributed by atoms with Crippen LogP contribution in [0.4, 0.5) is 14.6 Å². The Balaban J connectivity index is 1.52. The summed E-state index contributed by atoms with van der Waals surface area (Å²) in [6.07, 6.45) is 5.16. The summed E-state index contributed by atoms with van der Waals surface area (Å²) in [5, 5.41) is 10.1. The number of carbonyl (C=O) groups is 1. The topological polar surface area (TPSA) is 79.2 Å². The Morgan fingerprint density at radius 3 is 2.55 bits per heavy atom. The van der Waals surface area contributed by atoms with E-state index in [2.05, 4.69) is 15.0 Å². The van der Waals surface area contributed by atoms with Gasteiger partial charge in [-0.1, -0.05) is 11.6 Å². The van der Waals surface area contributed by atoms with Gasteiger partial charge in [-0.05, 0) is 43.2 Å². The van der Waals surface area contributed by atoms with Gasteiger partial charge in [0.05, 0.1) is 29.6 Å². The van der Waals surface area contributed by atoms with E-state index in [4.69, 9.17) is 0 Å². The molecule has 31 heavy (non-hydrogen) atoms. The normalized spacial score (nSPS) is 14.1. The minimum atomic E-state index is -0.893. The molecule has 0 atom stereocenters. The largest absolute Gasteiger partial charge is 0.504 e. The van der Waals surface area contributed by atoms with E-state index in [1.807, 2.05) is 11.8 Å². The Bertz CT molecular complexity index is 1140. The molecule has 1 aliphatic rings. The van der Waals surface area contributed by atoms with Crippen LogP contribution in [0.5, 0.6) is 5.75 Å². The number of hydrogen-bond acceptors (Lipinski definition) is 6. The first-order valence-corrected chi connectivity index (χ1v) is 9.80. The molecule has 0 saturated heterocycles. The van der Waals surface area contributed by atoms with Crippen molar-refractivity contribution in [3.05, 3.63) is 83.1 Å².